The first-order chi connectivity index (χ1) is 7.67. The van der Waals surface area contributed by atoms with Crippen molar-refractivity contribution in [1.82, 2.24) is 0 Å². The van der Waals surface area contributed by atoms with E-state index < -0.39 is 0 Å². The molecule has 0 N–H and O–H groups in total. The van der Waals surface area contributed by atoms with E-state index >= 15 is 0 Å². The van der Waals surface area contributed by atoms with Gasteiger partial charge in [-0.1, -0.05) is 24.6 Å². The Labute approximate surface area is 104 Å². The first-order valence-corrected chi connectivity index (χ1v) is 6.38. The first kappa shape index (κ1) is 13.4. The molecule has 1 nitrogen and oxygen atoms in total. The molecule has 0 spiro atoms. The van der Waals surface area contributed by atoms with E-state index in [2.05, 4.69) is 26.0 Å². The number of rotatable bonds is 6. The molecule has 1 rings (SSSR count). The Balaban J connectivity index is 2.55. The molecule has 1 aromatic carbocycles. The largest absolute Gasteiger partial charge is 0.496 e. The van der Waals surface area contributed by atoms with Gasteiger partial charge in [-0.2, -0.15) is 0 Å². The van der Waals surface area contributed by atoms with Crippen molar-refractivity contribution in [2.75, 3.05) is 7.11 Å². The summed E-state index contributed by atoms with van der Waals surface area (Å²) in [7, 11) is 1.73. The van der Waals surface area contributed by atoms with Crippen molar-refractivity contribution in [3.63, 3.8) is 0 Å². The minimum atomic E-state index is 0.316. The van der Waals surface area contributed by atoms with E-state index in [0.29, 0.717) is 5.38 Å². The van der Waals surface area contributed by atoms with Crippen LogP contribution in [0.5, 0.6) is 5.75 Å². The molecule has 0 fully saturated rings. The fraction of sp³-hybridized carbons (Fsp3) is 0.571. The fourth-order valence-corrected chi connectivity index (χ4v) is 1.98. The van der Waals surface area contributed by atoms with Crippen molar-refractivity contribution < 1.29 is 4.74 Å². The molecule has 1 unspecified atom stereocenters. The zero-order valence-electron chi connectivity index (χ0n) is 10.4. The van der Waals surface area contributed by atoms with Gasteiger partial charge in [-0.15, -0.1) is 11.6 Å². The van der Waals surface area contributed by atoms with E-state index in [9.17, 15) is 0 Å². The topological polar surface area (TPSA) is 9.23 Å². The van der Waals surface area contributed by atoms with Gasteiger partial charge in [0.25, 0.3) is 0 Å². The lowest BCUT2D eigenvalue weighted by atomic mass is 10.0. The number of aryl methyl sites for hydroxylation is 2. The Morgan fingerprint density at radius 3 is 2.75 bits per heavy atom. The average molecular weight is 241 g/mol. The molecule has 0 aliphatic carbocycles. The summed E-state index contributed by atoms with van der Waals surface area (Å²) in [5.41, 5.74) is 2.58. The molecule has 1 atom stereocenters. The fourth-order valence-electron chi connectivity index (χ4n) is 1.82. The highest BCUT2D eigenvalue weighted by molar-refractivity contribution is 6.20. The third-order valence-electron chi connectivity index (χ3n) is 2.84. The Morgan fingerprint density at radius 2 is 2.12 bits per heavy atom. The Bertz CT molecular complexity index is 323. The van der Waals surface area contributed by atoms with Crippen molar-refractivity contribution in [2.45, 2.75) is 44.9 Å². The summed E-state index contributed by atoms with van der Waals surface area (Å²) in [4.78, 5) is 0. The smallest absolute Gasteiger partial charge is 0.122 e. The van der Waals surface area contributed by atoms with E-state index in [0.717, 1.165) is 31.4 Å². The number of ether oxygens (including phenoxy) is 1. The van der Waals surface area contributed by atoms with Crippen LogP contribution >= 0.6 is 11.6 Å². The molecule has 0 aliphatic heterocycles. The molecule has 16 heavy (non-hydrogen) atoms. The molecule has 90 valence electrons. The summed E-state index contributed by atoms with van der Waals surface area (Å²) >= 11 is 6.11. The molecule has 0 saturated carbocycles. The van der Waals surface area contributed by atoms with Gasteiger partial charge < -0.3 is 4.74 Å². The summed E-state index contributed by atoms with van der Waals surface area (Å²) in [6, 6.07) is 6.33. The summed E-state index contributed by atoms with van der Waals surface area (Å²) < 4.78 is 5.35. The Morgan fingerprint density at radius 1 is 1.38 bits per heavy atom. The number of halogens is 1. The Hall–Kier alpha value is -0.690. The molecule has 1 aromatic rings. The maximum atomic E-state index is 6.11. The van der Waals surface area contributed by atoms with Crippen LogP contribution in [0, 0.1) is 6.92 Å². The second kappa shape index (κ2) is 6.80. The van der Waals surface area contributed by atoms with Crippen LogP contribution < -0.4 is 4.74 Å². The van der Waals surface area contributed by atoms with Crippen LogP contribution in [0.4, 0.5) is 0 Å². The molecule has 0 aliphatic rings. The average Bonchev–Trinajstić information content (AvgIpc) is 2.29. The minimum absolute atomic E-state index is 0.316. The van der Waals surface area contributed by atoms with Crippen LogP contribution in [0.3, 0.4) is 0 Å². The van der Waals surface area contributed by atoms with Crippen molar-refractivity contribution in [2.24, 2.45) is 0 Å². The van der Waals surface area contributed by atoms with Crippen LogP contribution in [0.25, 0.3) is 0 Å². The highest BCUT2D eigenvalue weighted by atomic mass is 35.5. The molecule has 2 heteroatoms. The predicted molar refractivity (Wildman–Crippen MR) is 70.6 cm³/mol. The van der Waals surface area contributed by atoms with E-state index in [1.54, 1.807) is 7.11 Å². The van der Waals surface area contributed by atoms with Gasteiger partial charge in [-0.05, 0) is 44.2 Å². The lowest BCUT2D eigenvalue weighted by Gasteiger charge is -2.10. The van der Waals surface area contributed by atoms with Gasteiger partial charge in [0, 0.05) is 5.38 Å². The van der Waals surface area contributed by atoms with E-state index in [-0.39, 0.29) is 0 Å². The predicted octanol–water partition coefficient (Wildman–Crippen LogP) is 4.34. The molecule has 0 saturated heterocycles. The third-order valence-corrected chi connectivity index (χ3v) is 3.37. The van der Waals surface area contributed by atoms with Gasteiger partial charge in [0.2, 0.25) is 0 Å². The maximum absolute atomic E-state index is 6.11. The quantitative estimate of drug-likeness (QED) is 0.672. The summed E-state index contributed by atoms with van der Waals surface area (Å²) in [6.45, 7) is 4.24. The molecular formula is C14H21ClO. The standard InChI is InChI=1S/C14H21ClO/c1-4-13(15)7-5-6-12-10-11(2)8-9-14(12)16-3/h8-10,13H,4-7H2,1-3H3. The van der Waals surface area contributed by atoms with E-state index in [1.165, 1.54) is 11.1 Å². The van der Waals surface area contributed by atoms with Crippen molar-refractivity contribution in [3.8, 4) is 5.75 Å². The van der Waals surface area contributed by atoms with Crippen LogP contribution in [0.2, 0.25) is 0 Å². The van der Waals surface area contributed by atoms with Gasteiger partial charge in [0.05, 0.1) is 7.11 Å². The molecular weight excluding hydrogens is 220 g/mol. The second-order valence-electron chi connectivity index (χ2n) is 4.21. The normalized spacial score (nSPS) is 12.5. The minimum Gasteiger partial charge on any atom is -0.496 e. The highest BCUT2D eigenvalue weighted by Gasteiger charge is 2.05. The number of methoxy groups -OCH3 is 1. The molecule has 0 bridgehead atoms. The van der Waals surface area contributed by atoms with Crippen molar-refractivity contribution in [1.29, 1.82) is 0 Å². The van der Waals surface area contributed by atoms with Crippen LogP contribution in [0.1, 0.15) is 37.3 Å². The van der Waals surface area contributed by atoms with Crippen molar-refractivity contribution in [3.05, 3.63) is 29.3 Å². The number of benzene rings is 1. The maximum Gasteiger partial charge on any atom is 0.122 e. The summed E-state index contributed by atoms with van der Waals surface area (Å²) in [6.07, 6.45) is 4.30. The van der Waals surface area contributed by atoms with Crippen LogP contribution in [-0.4, -0.2) is 12.5 Å². The number of hydrogen-bond acceptors (Lipinski definition) is 1. The molecule has 0 radical (unpaired) electrons. The van der Waals surface area contributed by atoms with Crippen molar-refractivity contribution >= 4 is 11.6 Å². The van der Waals surface area contributed by atoms with Gasteiger partial charge >= 0.3 is 0 Å². The second-order valence-corrected chi connectivity index (χ2v) is 4.83. The van der Waals surface area contributed by atoms with Crippen LogP contribution in [-0.2, 0) is 6.42 Å². The SMILES string of the molecule is CCC(Cl)CCCc1cc(C)ccc1OC. The number of hydrogen-bond donors (Lipinski definition) is 0. The first-order valence-electron chi connectivity index (χ1n) is 5.95. The zero-order valence-corrected chi connectivity index (χ0v) is 11.2. The van der Waals surface area contributed by atoms with E-state index in [1.807, 2.05) is 6.07 Å². The highest BCUT2D eigenvalue weighted by Crippen LogP contribution is 2.22. The third kappa shape index (κ3) is 4.05. The molecule has 0 heterocycles. The zero-order chi connectivity index (χ0) is 12.0. The lowest BCUT2D eigenvalue weighted by molar-refractivity contribution is 0.408. The summed E-state index contributed by atoms with van der Waals surface area (Å²) in [5, 5.41) is 0.316. The van der Waals surface area contributed by atoms with Gasteiger partial charge in [0.1, 0.15) is 5.75 Å². The van der Waals surface area contributed by atoms with Gasteiger partial charge in [-0.25, -0.2) is 0 Å². The number of alkyl halides is 1. The van der Waals surface area contributed by atoms with Gasteiger partial charge in [-0.3, -0.25) is 0 Å². The molecule has 0 amide bonds. The Kier molecular flexibility index (Phi) is 5.68. The monoisotopic (exact) mass is 240 g/mol. The van der Waals surface area contributed by atoms with Crippen LogP contribution in [0.15, 0.2) is 18.2 Å². The van der Waals surface area contributed by atoms with E-state index in [4.69, 9.17) is 16.3 Å². The molecule has 0 aromatic heterocycles. The lowest BCUT2D eigenvalue weighted by Crippen LogP contribution is -1.98. The summed E-state index contributed by atoms with van der Waals surface area (Å²) in [5.74, 6) is 0.994. The van der Waals surface area contributed by atoms with Gasteiger partial charge in [0.15, 0.2) is 0 Å².